The number of carbonyl (C=O) groups is 2. The van der Waals surface area contributed by atoms with Crippen LogP contribution >= 0.6 is 0 Å². The summed E-state index contributed by atoms with van der Waals surface area (Å²) in [5.41, 5.74) is 0.470. The Balaban J connectivity index is 1.24. The first-order valence-electron chi connectivity index (χ1n) is 13.3. The number of hydrazine groups is 2. The van der Waals surface area contributed by atoms with Crippen molar-refractivity contribution in [3.8, 4) is 0 Å². The third-order valence-electron chi connectivity index (χ3n) is 10.3. The molecule has 8 unspecified atom stereocenters. The molecule has 0 bridgehead atoms. The molecule has 0 spiro atoms. The highest BCUT2D eigenvalue weighted by molar-refractivity contribution is 5.94. The third kappa shape index (κ3) is 4.05. The summed E-state index contributed by atoms with van der Waals surface area (Å²) in [6.07, 6.45) is 14.5. The van der Waals surface area contributed by atoms with Crippen molar-refractivity contribution in [3.05, 3.63) is 24.5 Å². The number of amides is 2. The molecule has 4 saturated carbocycles. The molecule has 7 nitrogen and oxygen atoms in total. The minimum absolute atomic E-state index is 0.0222. The molecule has 34 heavy (non-hydrogen) atoms. The van der Waals surface area contributed by atoms with E-state index in [1.165, 1.54) is 44.7 Å². The number of pyridine rings is 1. The monoisotopic (exact) mass is 467 g/mol. The maximum absolute atomic E-state index is 13.5. The summed E-state index contributed by atoms with van der Waals surface area (Å²) in [6, 6.07) is 2.78. The number of urea groups is 1. The molecule has 2 amide bonds. The SMILES string of the molecule is CC1CCC2C(CCC3C2CCC2(C)C(C(=O)CN(N)C(=O)N(N)c4cccnc4)CCC32)C1. The van der Waals surface area contributed by atoms with Crippen molar-refractivity contribution in [1.82, 2.24) is 9.99 Å². The predicted octanol–water partition coefficient (Wildman–Crippen LogP) is 4.53. The van der Waals surface area contributed by atoms with E-state index in [9.17, 15) is 9.59 Å². The van der Waals surface area contributed by atoms with Crippen LogP contribution in [0.2, 0.25) is 0 Å². The van der Waals surface area contributed by atoms with E-state index in [1.807, 2.05) is 0 Å². The van der Waals surface area contributed by atoms with Gasteiger partial charge in [0.1, 0.15) is 0 Å². The quantitative estimate of drug-likeness (QED) is 0.384. The van der Waals surface area contributed by atoms with Crippen LogP contribution in [-0.4, -0.2) is 28.4 Å². The van der Waals surface area contributed by atoms with Crippen molar-refractivity contribution in [2.75, 3.05) is 11.6 Å². The Kier molecular flexibility index (Phi) is 6.44. The molecule has 0 aliphatic heterocycles. The summed E-state index contributed by atoms with van der Waals surface area (Å²) in [5.74, 6) is 17.0. The minimum atomic E-state index is -0.602. The first-order valence-corrected chi connectivity index (χ1v) is 13.3. The average molecular weight is 468 g/mol. The van der Waals surface area contributed by atoms with Crippen LogP contribution < -0.4 is 16.7 Å². The first-order chi connectivity index (χ1) is 16.3. The number of nitrogens with zero attached hydrogens (tertiary/aromatic N) is 3. The summed E-state index contributed by atoms with van der Waals surface area (Å²) in [7, 11) is 0. The van der Waals surface area contributed by atoms with Gasteiger partial charge in [-0.1, -0.05) is 20.3 Å². The van der Waals surface area contributed by atoms with E-state index in [2.05, 4.69) is 18.8 Å². The number of carbonyl (C=O) groups excluding carboxylic acids is 2. The summed E-state index contributed by atoms with van der Waals surface area (Å²) in [6.45, 7) is 4.68. The summed E-state index contributed by atoms with van der Waals surface area (Å²) < 4.78 is 0. The lowest BCUT2D eigenvalue weighted by atomic mass is 9.49. The predicted molar refractivity (Wildman–Crippen MR) is 132 cm³/mol. The number of ketones is 1. The molecule has 4 aliphatic rings. The van der Waals surface area contributed by atoms with E-state index in [0.717, 1.165) is 58.9 Å². The number of nitrogens with two attached hydrogens (primary N) is 2. The average Bonchev–Trinajstić information content (AvgIpc) is 3.20. The zero-order valence-corrected chi connectivity index (χ0v) is 20.7. The number of rotatable bonds is 4. The minimum Gasteiger partial charge on any atom is -0.297 e. The van der Waals surface area contributed by atoms with Crippen molar-refractivity contribution >= 4 is 17.5 Å². The van der Waals surface area contributed by atoms with Crippen LogP contribution in [0, 0.1) is 46.8 Å². The molecular formula is C27H41N5O2. The number of anilines is 1. The smallest absolute Gasteiger partial charge is 0.297 e. The number of aromatic nitrogens is 1. The van der Waals surface area contributed by atoms with Gasteiger partial charge in [-0.2, -0.15) is 0 Å². The van der Waals surface area contributed by atoms with Crippen molar-refractivity contribution in [2.24, 2.45) is 58.5 Å². The Morgan fingerprint density at radius 1 is 1.06 bits per heavy atom. The van der Waals surface area contributed by atoms with Crippen molar-refractivity contribution < 1.29 is 9.59 Å². The van der Waals surface area contributed by atoms with Gasteiger partial charge in [0.05, 0.1) is 18.4 Å². The second-order valence-corrected chi connectivity index (χ2v) is 12.0. The zero-order chi connectivity index (χ0) is 24.0. The highest BCUT2D eigenvalue weighted by Gasteiger charge is 2.58. The van der Waals surface area contributed by atoms with Crippen LogP contribution in [0.1, 0.15) is 71.6 Å². The summed E-state index contributed by atoms with van der Waals surface area (Å²) >= 11 is 0. The molecule has 0 aromatic carbocycles. The molecule has 0 radical (unpaired) electrons. The van der Waals surface area contributed by atoms with Gasteiger partial charge in [-0.05, 0) is 104 Å². The number of Topliss-reactive ketones (excluding diaryl/α,β-unsaturated/α-hetero) is 1. The van der Waals surface area contributed by atoms with Gasteiger partial charge in [0.25, 0.3) is 0 Å². The van der Waals surface area contributed by atoms with E-state index in [4.69, 9.17) is 11.7 Å². The lowest BCUT2D eigenvalue weighted by Gasteiger charge is -2.56. The molecule has 5 rings (SSSR count). The van der Waals surface area contributed by atoms with Crippen LogP contribution in [0.25, 0.3) is 0 Å². The third-order valence-corrected chi connectivity index (χ3v) is 10.3. The molecule has 8 atom stereocenters. The van der Waals surface area contributed by atoms with Crippen LogP contribution in [0.5, 0.6) is 0 Å². The van der Waals surface area contributed by atoms with Gasteiger partial charge >= 0.3 is 6.03 Å². The Bertz CT molecular complexity index is 910. The van der Waals surface area contributed by atoms with Gasteiger partial charge < -0.3 is 0 Å². The fourth-order valence-electron chi connectivity index (χ4n) is 8.71. The van der Waals surface area contributed by atoms with Gasteiger partial charge in [0.2, 0.25) is 0 Å². The van der Waals surface area contributed by atoms with Gasteiger partial charge in [0.15, 0.2) is 5.78 Å². The van der Waals surface area contributed by atoms with Crippen molar-refractivity contribution in [2.45, 2.75) is 71.6 Å². The van der Waals surface area contributed by atoms with Crippen LogP contribution in [0.4, 0.5) is 10.5 Å². The van der Waals surface area contributed by atoms with Gasteiger partial charge in [0, 0.05) is 12.1 Å². The topological polar surface area (TPSA) is 106 Å². The van der Waals surface area contributed by atoms with Gasteiger partial charge in [-0.15, -0.1) is 0 Å². The highest BCUT2D eigenvalue weighted by Crippen LogP contribution is 2.64. The lowest BCUT2D eigenvalue weighted by molar-refractivity contribution is -0.131. The molecular weight excluding hydrogens is 426 g/mol. The van der Waals surface area contributed by atoms with Crippen LogP contribution in [0.15, 0.2) is 24.5 Å². The summed E-state index contributed by atoms with van der Waals surface area (Å²) in [4.78, 5) is 30.2. The van der Waals surface area contributed by atoms with Crippen molar-refractivity contribution in [1.29, 1.82) is 0 Å². The van der Waals surface area contributed by atoms with E-state index < -0.39 is 6.03 Å². The molecule has 4 fully saturated rings. The molecule has 0 saturated heterocycles. The molecule has 7 heteroatoms. The van der Waals surface area contributed by atoms with E-state index in [0.29, 0.717) is 11.6 Å². The fraction of sp³-hybridized carbons (Fsp3) is 0.741. The standard InChI is InChI=1S/C27H41N5O2/c1-17-5-7-20-18(14-17)6-8-22-21(20)11-12-27(2)23(22)9-10-24(27)25(33)16-31(28)26(34)32(29)19-4-3-13-30-15-19/h3-4,13,15,17-18,20-24H,5-12,14,16,28-29H2,1-2H3. The fourth-order valence-corrected chi connectivity index (χ4v) is 8.71. The number of hydrogen-bond donors (Lipinski definition) is 2. The second-order valence-electron chi connectivity index (χ2n) is 12.0. The number of fused-ring (bicyclic) bond motifs is 5. The van der Waals surface area contributed by atoms with E-state index in [-0.39, 0.29) is 23.7 Å². The Hall–Kier alpha value is -1.99. The molecule has 4 N–H and O–H groups in total. The number of hydrogen-bond acceptors (Lipinski definition) is 5. The van der Waals surface area contributed by atoms with E-state index in [1.54, 1.807) is 18.3 Å². The van der Waals surface area contributed by atoms with Crippen LogP contribution in [0.3, 0.4) is 0 Å². The maximum Gasteiger partial charge on any atom is 0.353 e. The van der Waals surface area contributed by atoms with Crippen molar-refractivity contribution in [3.63, 3.8) is 0 Å². The largest absolute Gasteiger partial charge is 0.353 e. The highest BCUT2D eigenvalue weighted by atomic mass is 16.2. The Labute approximate surface area is 203 Å². The maximum atomic E-state index is 13.5. The van der Waals surface area contributed by atoms with Gasteiger partial charge in [-0.25, -0.2) is 21.5 Å². The molecule has 186 valence electrons. The van der Waals surface area contributed by atoms with Crippen LogP contribution in [-0.2, 0) is 4.79 Å². The molecule has 1 heterocycles. The molecule has 4 aliphatic carbocycles. The lowest BCUT2D eigenvalue weighted by Crippen LogP contribution is -2.54. The van der Waals surface area contributed by atoms with E-state index >= 15 is 0 Å². The normalized spacial score (nSPS) is 38.9. The zero-order valence-electron chi connectivity index (χ0n) is 20.7. The van der Waals surface area contributed by atoms with Gasteiger partial charge in [-0.3, -0.25) is 14.8 Å². The molecule has 1 aromatic heterocycles. The first kappa shape index (κ1) is 23.7. The summed E-state index contributed by atoms with van der Waals surface area (Å²) in [5, 5.41) is 1.92. The molecule has 1 aromatic rings. The Morgan fingerprint density at radius 2 is 1.85 bits per heavy atom. The Morgan fingerprint density at radius 3 is 2.62 bits per heavy atom. The second kappa shape index (κ2) is 9.23.